The largest absolute Gasteiger partial charge is 0.451 e. The standard InChI is InChI=1S/C16H13FN2O5/c1-10(20)24-16(12-7-3-5-9-14(12)19(22)23)15(18-21)11-6-2-4-8-13(11)17/h2-9,16,21H,1H3/b18-15+. The average Bonchev–Trinajstić information content (AvgIpc) is 2.55. The first-order valence-electron chi connectivity index (χ1n) is 6.83. The van der Waals surface area contributed by atoms with Gasteiger partial charge in [0.2, 0.25) is 0 Å². The van der Waals surface area contributed by atoms with E-state index in [-0.39, 0.29) is 22.5 Å². The zero-order valence-corrected chi connectivity index (χ0v) is 12.5. The molecule has 0 spiro atoms. The Morgan fingerprint density at radius 2 is 1.88 bits per heavy atom. The number of hydrogen-bond donors (Lipinski definition) is 1. The van der Waals surface area contributed by atoms with Crippen molar-refractivity contribution in [1.29, 1.82) is 0 Å². The SMILES string of the molecule is CC(=O)OC(/C(=N/O)c1ccccc1F)c1ccccc1[N+](=O)[O-]. The number of carbonyl (C=O) groups excluding carboxylic acids is 1. The molecule has 0 aliphatic rings. The van der Waals surface area contributed by atoms with Crippen LogP contribution in [0.5, 0.6) is 0 Å². The maximum absolute atomic E-state index is 14.0. The average molecular weight is 332 g/mol. The monoisotopic (exact) mass is 332 g/mol. The van der Waals surface area contributed by atoms with Gasteiger partial charge in [0.25, 0.3) is 5.69 Å². The molecule has 0 radical (unpaired) electrons. The van der Waals surface area contributed by atoms with Gasteiger partial charge in [0.1, 0.15) is 11.5 Å². The zero-order valence-electron chi connectivity index (χ0n) is 12.5. The summed E-state index contributed by atoms with van der Waals surface area (Å²) in [4.78, 5) is 22.0. The molecular weight excluding hydrogens is 319 g/mol. The van der Waals surface area contributed by atoms with Crippen molar-refractivity contribution in [1.82, 2.24) is 0 Å². The van der Waals surface area contributed by atoms with Crippen LogP contribution in [0.1, 0.15) is 24.2 Å². The second-order valence-corrected chi connectivity index (χ2v) is 4.77. The molecule has 124 valence electrons. The number of hydrogen-bond acceptors (Lipinski definition) is 6. The number of nitrogens with zero attached hydrogens (tertiary/aromatic N) is 2. The van der Waals surface area contributed by atoms with Crippen LogP contribution < -0.4 is 0 Å². The molecule has 1 N–H and O–H groups in total. The van der Waals surface area contributed by atoms with E-state index in [2.05, 4.69) is 5.16 Å². The lowest BCUT2D eigenvalue weighted by molar-refractivity contribution is -0.386. The number of rotatable bonds is 5. The van der Waals surface area contributed by atoms with Crippen molar-refractivity contribution >= 4 is 17.4 Å². The van der Waals surface area contributed by atoms with Crippen LogP contribution in [0.3, 0.4) is 0 Å². The zero-order chi connectivity index (χ0) is 17.7. The molecule has 0 amide bonds. The molecular formula is C16H13FN2O5. The normalized spacial score (nSPS) is 12.5. The number of para-hydroxylation sites is 1. The van der Waals surface area contributed by atoms with Crippen LogP contribution in [0.2, 0.25) is 0 Å². The van der Waals surface area contributed by atoms with Gasteiger partial charge >= 0.3 is 5.97 Å². The van der Waals surface area contributed by atoms with E-state index in [1.54, 1.807) is 0 Å². The van der Waals surface area contributed by atoms with E-state index in [1.165, 1.54) is 42.5 Å². The van der Waals surface area contributed by atoms with E-state index < -0.39 is 22.8 Å². The molecule has 2 aromatic carbocycles. The van der Waals surface area contributed by atoms with Gasteiger partial charge in [0.05, 0.1) is 10.5 Å². The number of nitro benzene ring substituents is 1. The Labute approximate surface area is 136 Å². The van der Waals surface area contributed by atoms with E-state index in [0.717, 1.165) is 13.0 Å². The minimum Gasteiger partial charge on any atom is -0.451 e. The Bertz CT molecular complexity index is 807. The molecule has 0 fully saturated rings. The Hall–Kier alpha value is -3.29. The third-order valence-corrected chi connectivity index (χ3v) is 3.21. The molecule has 0 aliphatic carbocycles. The Balaban J connectivity index is 2.63. The second-order valence-electron chi connectivity index (χ2n) is 4.77. The van der Waals surface area contributed by atoms with Crippen molar-refractivity contribution in [2.24, 2.45) is 5.16 Å². The molecule has 1 unspecified atom stereocenters. The third-order valence-electron chi connectivity index (χ3n) is 3.21. The summed E-state index contributed by atoms with van der Waals surface area (Å²) in [6.07, 6.45) is -1.44. The molecule has 0 aromatic heterocycles. The minimum atomic E-state index is -1.44. The van der Waals surface area contributed by atoms with Gasteiger partial charge in [-0.25, -0.2) is 4.39 Å². The summed E-state index contributed by atoms with van der Waals surface area (Å²) in [5, 5.41) is 23.6. The van der Waals surface area contributed by atoms with Gasteiger partial charge in [-0.05, 0) is 18.2 Å². The van der Waals surface area contributed by atoms with E-state index >= 15 is 0 Å². The summed E-state index contributed by atoms with van der Waals surface area (Å²) >= 11 is 0. The fourth-order valence-electron chi connectivity index (χ4n) is 2.22. The number of nitro groups is 1. The van der Waals surface area contributed by atoms with Crippen LogP contribution in [-0.2, 0) is 9.53 Å². The predicted octanol–water partition coefficient (Wildman–Crippen LogP) is 3.22. The summed E-state index contributed by atoms with van der Waals surface area (Å²) in [6.45, 7) is 1.10. The smallest absolute Gasteiger partial charge is 0.303 e. The van der Waals surface area contributed by atoms with E-state index in [9.17, 15) is 24.5 Å². The molecule has 0 aliphatic heterocycles. The number of oxime groups is 1. The summed E-state index contributed by atoms with van der Waals surface area (Å²) in [5.74, 6) is -1.49. The van der Waals surface area contributed by atoms with Crippen LogP contribution in [-0.4, -0.2) is 21.8 Å². The van der Waals surface area contributed by atoms with Gasteiger partial charge < -0.3 is 9.94 Å². The Morgan fingerprint density at radius 3 is 2.46 bits per heavy atom. The van der Waals surface area contributed by atoms with Crippen molar-refractivity contribution in [3.8, 4) is 0 Å². The summed E-state index contributed by atoms with van der Waals surface area (Å²) < 4.78 is 19.1. The topological polar surface area (TPSA) is 102 Å². The molecule has 1 atom stereocenters. The number of halogens is 1. The van der Waals surface area contributed by atoms with Crippen molar-refractivity contribution < 1.29 is 24.1 Å². The van der Waals surface area contributed by atoms with Crippen LogP contribution in [0.15, 0.2) is 53.7 Å². The lowest BCUT2D eigenvalue weighted by Crippen LogP contribution is -2.22. The molecule has 0 bridgehead atoms. The minimum absolute atomic E-state index is 0.0336. The summed E-state index contributed by atoms with van der Waals surface area (Å²) in [5.41, 5.74) is -0.864. The Kier molecular flexibility index (Phi) is 5.20. The fourth-order valence-corrected chi connectivity index (χ4v) is 2.22. The maximum atomic E-state index is 14.0. The van der Waals surface area contributed by atoms with Crippen LogP contribution in [0.4, 0.5) is 10.1 Å². The van der Waals surface area contributed by atoms with Crippen molar-refractivity contribution in [3.05, 3.63) is 75.6 Å². The van der Waals surface area contributed by atoms with Crippen LogP contribution in [0, 0.1) is 15.9 Å². The van der Waals surface area contributed by atoms with Crippen molar-refractivity contribution in [2.75, 3.05) is 0 Å². The summed E-state index contributed by atoms with van der Waals surface area (Å²) in [6, 6.07) is 10.9. The van der Waals surface area contributed by atoms with Crippen LogP contribution >= 0.6 is 0 Å². The first kappa shape index (κ1) is 17.1. The third kappa shape index (κ3) is 3.54. The molecule has 24 heavy (non-hydrogen) atoms. The maximum Gasteiger partial charge on any atom is 0.303 e. The lowest BCUT2D eigenvalue weighted by Gasteiger charge is -2.19. The van der Waals surface area contributed by atoms with Gasteiger partial charge in [-0.3, -0.25) is 14.9 Å². The van der Waals surface area contributed by atoms with Crippen LogP contribution in [0.25, 0.3) is 0 Å². The van der Waals surface area contributed by atoms with Crippen molar-refractivity contribution in [3.63, 3.8) is 0 Å². The van der Waals surface area contributed by atoms with Gasteiger partial charge in [0, 0.05) is 18.6 Å². The molecule has 0 saturated heterocycles. The van der Waals surface area contributed by atoms with E-state index in [4.69, 9.17) is 4.74 Å². The summed E-state index contributed by atoms with van der Waals surface area (Å²) in [7, 11) is 0. The quantitative estimate of drug-likeness (QED) is 0.298. The lowest BCUT2D eigenvalue weighted by atomic mass is 9.97. The molecule has 0 saturated carbocycles. The van der Waals surface area contributed by atoms with Gasteiger partial charge in [-0.2, -0.15) is 0 Å². The number of benzene rings is 2. The van der Waals surface area contributed by atoms with E-state index in [0.29, 0.717) is 0 Å². The highest BCUT2D eigenvalue weighted by Gasteiger charge is 2.31. The first-order chi connectivity index (χ1) is 11.5. The number of carbonyl (C=O) groups is 1. The molecule has 2 rings (SSSR count). The Morgan fingerprint density at radius 1 is 1.25 bits per heavy atom. The number of ether oxygens (including phenoxy) is 1. The number of esters is 1. The highest BCUT2D eigenvalue weighted by atomic mass is 19.1. The van der Waals surface area contributed by atoms with Gasteiger partial charge in [0.15, 0.2) is 6.10 Å². The highest BCUT2D eigenvalue weighted by molar-refractivity contribution is 6.05. The predicted molar refractivity (Wildman–Crippen MR) is 82.3 cm³/mol. The molecule has 8 heteroatoms. The van der Waals surface area contributed by atoms with Gasteiger partial charge in [-0.15, -0.1) is 0 Å². The van der Waals surface area contributed by atoms with E-state index in [1.807, 2.05) is 0 Å². The second kappa shape index (κ2) is 7.32. The molecule has 0 heterocycles. The first-order valence-corrected chi connectivity index (χ1v) is 6.83. The highest BCUT2D eigenvalue weighted by Crippen LogP contribution is 2.31. The van der Waals surface area contributed by atoms with Crippen molar-refractivity contribution in [2.45, 2.75) is 13.0 Å². The van der Waals surface area contributed by atoms with Gasteiger partial charge in [-0.1, -0.05) is 29.4 Å². The fraction of sp³-hybridized carbons (Fsp3) is 0.125. The molecule has 2 aromatic rings. The molecule has 7 nitrogen and oxygen atoms in total.